The molecule has 20 heavy (non-hydrogen) atoms. The third kappa shape index (κ3) is 4.76. The molecule has 0 saturated heterocycles. The monoisotopic (exact) mass is 279 g/mol. The van der Waals surface area contributed by atoms with Gasteiger partial charge in [-0.2, -0.15) is 0 Å². The second-order valence-corrected chi connectivity index (χ2v) is 8.10. The fraction of sp³-hybridized carbons (Fsp3) is 1.00. The fourth-order valence-electron chi connectivity index (χ4n) is 4.29. The molecule has 0 radical (unpaired) electrons. The molecule has 0 unspecified atom stereocenters. The highest BCUT2D eigenvalue weighted by Gasteiger charge is 2.32. The van der Waals surface area contributed by atoms with Gasteiger partial charge in [-0.15, -0.1) is 0 Å². The van der Waals surface area contributed by atoms with Gasteiger partial charge < -0.3 is 5.32 Å². The van der Waals surface area contributed by atoms with Gasteiger partial charge in [0.2, 0.25) is 0 Å². The molecule has 2 aliphatic rings. The highest BCUT2D eigenvalue weighted by Crippen LogP contribution is 2.40. The molecule has 0 aromatic carbocycles. The summed E-state index contributed by atoms with van der Waals surface area (Å²) in [5, 5.41) is 4.02. The molecule has 0 bridgehead atoms. The van der Waals surface area contributed by atoms with Crippen molar-refractivity contribution in [2.75, 3.05) is 0 Å². The highest BCUT2D eigenvalue weighted by molar-refractivity contribution is 4.86. The Hall–Kier alpha value is -0.0400. The Labute approximate surface area is 127 Å². The van der Waals surface area contributed by atoms with E-state index < -0.39 is 0 Å². The molecule has 0 aromatic heterocycles. The third-order valence-corrected chi connectivity index (χ3v) is 6.32. The van der Waals surface area contributed by atoms with Crippen LogP contribution in [0.15, 0.2) is 0 Å². The van der Waals surface area contributed by atoms with Crippen molar-refractivity contribution in [2.24, 2.45) is 11.3 Å². The van der Waals surface area contributed by atoms with Gasteiger partial charge in [-0.05, 0) is 49.9 Å². The molecule has 0 heterocycles. The van der Waals surface area contributed by atoms with Gasteiger partial charge in [0, 0.05) is 12.1 Å². The molecule has 1 heteroatoms. The number of rotatable bonds is 4. The quantitative estimate of drug-likeness (QED) is 0.697. The Morgan fingerprint density at radius 2 is 1.25 bits per heavy atom. The summed E-state index contributed by atoms with van der Waals surface area (Å²) in [7, 11) is 0. The lowest BCUT2D eigenvalue weighted by molar-refractivity contribution is 0.132. The molecule has 1 nitrogen and oxygen atoms in total. The number of nitrogens with one attached hydrogen (secondary N) is 1. The SMILES string of the molecule is CCC(C)(C)C1CCC(NC2CCCCCCC2)CC1. The molecule has 1 N–H and O–H groups in total. The summed E-state index contributed by atoms with van der Waals surface area (Å²) < 4.78 is 0. The second kappa shape index (κ2) is 7.82. The van der Waals surface area contributed by atoms with Crippen LogP contribution in [0.4, 0.5) is 0 Å². The zero-order chi connectivity index (χ0) is 14.4. The molecule has 118 valence electrons. The van der Waals surface area contributed by atoms with Crippen LogP contribution >= 0.6 is 0 Å². The Balaban J connectivity index is 1.73. The predicted octanol–water partition coefficient (Wildman–Crippen LogP) is 5.68. The lowest BCUT2D eigenvalue weighted by atomic mass is 9.69. The van der Waals surface area contributed by atoms with Crippen molar-refractivity contribution in [2.45, 2.75) is 110 Å². The molecule has 2 rings (SSSR count). The molecule has 0 spiro atoms. The van der Waals surface area contributed by atoms with Crippen LogP contribution in [0.3, 0.4) is 0 Å². The van der Waals surface area contributed by atoms with Crippen molar-refractivity contribution in [3.63, 3.8) is 0 Å². The lowest BCUT2D eigenvalue weighted by Gasteiger charge is -2.40. The van der Waals surface area contributed by atoms with E-state index in [1.165, 1.54) is 77.0 Å². The van der Waals surface area contributed by atoms with Gasteiger partial charge in [0.15, 0.2) is 0 Å². The maximum Gasteiger partial charge on any atom is 0.00698 e. The van der Waals surface area contributed by atoms with E-state index in [2.05, 4.69) is 26.1 Å². The maximum atomic E-state index is 4.02. The van der Waals surface area contributed by atoms with E-state index >= 15 is 0 Å². The molecule has 2 aliphatic carbocycles. The van der Waals surface area contributed by atoms with Crippen LogP contribution in [0.1, 0.15) is 97.8 Å². The van der Waals surface area contributed by atoms with Crippen molar-refractivity contribution in [1.82, 2.24) is 5.32 Å². The zero-order valence-electron chi connectivity index (χ0n) is 14.2. The van der Waals surface area contributed by atoms with Crippen LogP contribution in [0.2, 0.25) is 0 Å². The van der Waals surface area contributed by atoms with Gasteiger partial charge in [-0.25, -0.2) is 0 Å². The average molecular weight is 280 g/mol. The summed E-state index contributed by atoms with van der Waals surface area (Å²) in [4.78, 5) is 0. The van der Waals surface area contributed by atoms with E-state index in [1.807, 2.05) is 0 Å². The van der Waals surface area contributed by atoms with E-state index in [-0.39, 0.29) is 0 Å². The van der Waals surface area contributed by atoms with Crippen LogP contribution in [0, 0.1) is 11.3 Å². The van der Waals surface area contributed by atoms with Crippen LogP contribution in [-0.2, 0) is 0 Å². The Morgan fingerprint density at radius 1 is 0.750 bits per heavy atom. The van der Waals surface area contributed by atoms with Crippen molar-refractivity contribution < 1.29 is 0 Å². The molecular weight excluding hydrogens is 242 g/mol. The minimum absolute atomic E-state index is 0.561. The van der Waals surface area contributed by atoms with Crippen LogP contribution in [0.25, 0.3) is 0 Å². The van der Waals surface area contributed by atoms with Gasteiger partial charge in [0.05, 0.1) is 0 Å². The first-order chi connectivity index (χ1) is 9.62. The summed E-state index contributed by atoms with van der Waals surface area (Å²) in [6, 6.07) is 1.65. The highest BCUT2D eigenvalue weighted by atomic mass is 14.9. The van der Waals surface area contributed by atoms with Gasteiger partial charge in [0.1, 0.15) is 0 Å². The average Bonchev–Trinajstić information content (AvgIpc) is 2.42. The number of hydrogen-bond acceptors (Lipinski definition) is 1. The van der Waals surface area contributed by atoms with Crippen LogP contribution < -0.4 is 5.32 Å². The van der Waals surface area contributed by atoms with Gasteiger partial charge >= 0.3 is 0 Å². The Bertz CT molecular complexity index is 255. The molecule has 2 saturated carbocycles. The summed E-state index contributed by atoms with van der Waals surface area (Å²) >= 11 is 0. The summed E-state index contributed by atoms with van der Waals surface area (Å²) in [5.41, 5.74) is 0.561. The Kier molecular flexibility index (Phi) is 6.39. The van der Waals surface area contributed by atoms with Gasteiger partial charge in [0.25, 0.3) is 0 Å². The second-order valence-electron chi connectivity index (χ2n) is 8.10. The van der Waals surface area contributed by atoms with Crippen molar-refractivity contribution in [3.8, 4) is 0 Å². The topological polar surface area (TPSA) is 12.0 Å². The van der Waals surface area contributed by atoms with E-state index in [9.17, 15) is 0 Å². The molecular formula is C19H37N. The first-order valence-electron chi connectivity index (χ1n) is 9.38. The summed E-state index contributed by atoms with van der Waals surface area (Å²) in [5.74, 6) is 0.961. The van der Waals surface area contributed by atoms with Crippen molar-refractivity contribution in [3.05, 3.63) is 0 Å². The lowest BCUT2D eigenvalue weighted by Crippen LogP contribution is -2.42. The van der Waals surface area contributed by atoms with E-state index in [0.29, 0.717) is 5.41 Å². The van der Waals surface area contributed by atoms with Crippen LogP contribution in [0.5, 0.6) is 0 Å². The molecule has 0 aliphatic heterocycles. The standard InChI is InChI=1S/C19H37N/c1-4-19(2,3)16-12-14-18(15-13-16)20-17-10-8-6-5-7-9-11-17/h16-18,20H,4-15H2,1-3H3. The molecule has 0 atom stereocenters. The van der Waals surface area contributed by atoms with E-state index in [4.69, 9.17) is 0 Å². The van der Waals surface area contributed by atoms with Gasteiger partial charge in [-0.3, -0.25) is 0 Å². The first kappa shape index (κ1) is 16.3. The van der Waals surface area contributed by atoms with Crippen molar-refractivity contribution in [1.29, 1.82) is 0 Å². The van der Waals surface area contributed by atoms with E-state index in [1.54, 1.807) is 0 Å². The minimum Gasteiger partial charge on any atom is -0.311 e. The minimum atomic E-state index is 0.561. The molecule has 0 aromatic rings. The van der Waals surface area contributed by atoms with Gasteiger partial charge in [-0.1, -0.05) is 59.3 Å². The molecule has 2 fully saturated rings. The zero-order valence-corrected chi connectivity index (χ0v) is 14.2. The smallest absolute Gasteiger partial charge is 0.00698 e. The maximum absolute atomic E-state index is 4.02. The van der Waals surface area contributed by atoms with Crippen LogP contribution in [-0.4, -0.2) is 12.1 Å². The summed E-state index contributed by atoms with van der Waals surface area (Å²) in [6.45, 7) is 7.30. The summed E-state index contributed by atoms with van der Waals surface area (Å²) in [6.07, 6.45) is 17.3. The normalized spacial score (nSPS) is 30.8. The van der Waals surface area contributed by atoms with Crippen molar-refractivity contribution >= 4 is 0 Å². The third-order valence-electron chi connectivity index (χ3n) is 6.32. The van der Waals surface area contributed by atoms with E-state index in [0.717, 1.165) is 18.0 Å². The molecule has 0 amide bonds. The predicted molar refractivity (Wildman–Crippen MR) is 89.1 cm³/mol. The Morgan fingerprint density at radius 3 is 1.80 bits per heavy atom. The fourth-order valence-corrected chi connectivity index (χ4v) is 4.29. The number of hydrogen-bond donors (Lipinski definition) is 1. The largest absolute Gasteiger partial charge is 0.311 e. The first-order valence-corrected chi connectivity index (χ1v) is 9.38.